The van der Waals surface area contributed by atoms with E-state index in [9.17, 15) is 14.4 Å². The number of rotatable bonds is 9. The lowest BCUT2D eigenvalue weighted by molar-refractivity contribution is -0.127. The van der Waals surface area contributed by atoms with E-state index in [1.54, 1.807) is 0 Å². The Morgan fingerprint density at radius 1 is 0.875 bits per heavy atom. The van der Waals surface area contributed by atoms with Gasteiger partial charge in [-0.3, -0.25) is 14.4 Å². The number of carbonyl (C=O) groups excluding carboxylic acids is 3. The zero-order valence-corrected chi connectivity index (χ0v) is 23.8. The maximum Gasteiger partial charge on any atom is 0.251 e. The minimum absolute atomic E-state index is 0.0327. The molecule has 214 valence electrons. The van der Waals surface area contributed by atoms with Gasteiger partial charge in [-0.25, -0.2) is 0 Å². The minimum atomic E-state index is -0.156. The molecule has 5 rings (SSSR count). The van der Waals surface area contributed by atoms with Gasteiger partial charge in [0.2, 0.25) is 11.8 Å². The Labute approximate surface area is 238 Å². The van der Waals surface area contributed by atoms with Crippen molar-refractivity contribution in [3.63, 3.8) is 0 Å². The molecule has 2 aromatic carbocycles. The lowest BCUT2D eigenvalue weighted by Gasteiger charge is -2.38. The van der Waals surface area contributed by atoms with E-state index in [1.165, 1.54) is 17.7 Å². The highest BCUT2D eigenvalue weighted by atomic mass is 16.2. The van der Waals surface area contributed by atoms with E-state index in [0.717, 1.165) is 82.6 Å². The molecule has 40 heavy (non-hydrogen) atoms. The first-order valence-corrected chi connectivity index (χ1v) is 15.1. The second kappa shape index (κ2) is 13.2. The van der Waals surface area contributed by atoms with E-state index < -0.39 is 0 Å². The van der Waals surface area contributed by atoms with Crippen LogP contribution in [0, 0.1) is 12.8 Å². The van der Waals surface area contributed by atoms with Gasteiger partial charge in [0.15, 0.2) is 0 Å². The summed E-state index contributed by atoms with van der Waals surface area (Å²) in [5, 5.41) is 6.22. The van der Waals surface area contributed by atoms with E-state index in [2.05, 4.69) is 51.6 Å². The Morgan fingerprint density at radius 3 is 2.30 bits per heavy atom. The lowest BCUT2D eigenvalue weighted by atomic mass is 9.88. The normalized spacial score (nSPS) is 18.2. The van der Waals surface area contributed by atoms with Crippen LogP contribution in [-0.2, 0) is 9.59 Å². The van der Waals surface area contributed by atoms with Crippen LogP contribution in [0.15, 0.2) is 42.5 Å². The first-order chi connectivity index (χ1) is 19.5. The van der Waals surface area contributed by atoms with Crippen LogP contribution in [0.1, 0.15) is 67.3 Å². The topological polar surface area (TPSA) is 85.0 Å². The first-order valence-electron chi connectivity index (χ1n) is 15.1. The summed E-state index contributed by atoms with van der Waals surface area (Å²) in [4.78, 5) is 44.7. The highest BCUT2D eigenvalue weighted by molar-refractivity contribution is 6.00. The molecule has 1 aliphatic carbocycles. The summed E-state index contributed by atoms with van der Waals surface area (Å²) < 4.78 is 0. The molecule has 3 aliphatic rings. The highest BCUT2D eigenvalue weighted by Crippen LogP contribution is 2.32. The number of anilines is 3. The standard InChI is InChI=1S/C32H43N5O3/c1-24-9-5-6-12-28(24)35-19-21-36(22-20-35)29-15-14-26(23-27(29)34-32(40)25-10-3-2-4-11-25)31(39)33-16-8-18-37-17-7-13-30(37)38/h5-6,9,12,14-15,23,25H,2-4,7-8,10-11,13,16-22H2,1H3,(H,33,39)(H,34,40). The van der Waals surface area contributed by atoms with Gasteiger partial charge >= 0.3 is 0 Å². The Hall–Kier alpha value is -3.55. The van der Waals surface area contributed by atoms with Crippen molar-refractivity contribution >= 4 is 34.8 Å². The number of carbonyl (C=O) groups is 3. The maximum atomic E-state index is 13.3. The summed E-state index contributed by atoms with van der Waals surface area (Å²) in [6.45, 7) is 7.60. The van der Waals surface area contributed by atoms with Crippen LogP contribution in [0.5, 0.6) is 0 Å². The van der Waals surface area contributed by atoms with Crippen LogP contribution in [-0.4, -0.2) is 68.4 Å². The molecule has 2 N–H and O–H groups in total. The number of para-hydroxylation sites is 1. The molecule has 0 spiro atoms. The smallest absolute Gasteiger partial charge is 0.251 e. The third kappa shape index (κ3) is 6.77. The van der Waals surface area contributed by atoms with E-state index in [-0.39, 0.29) is 23.6 Å². The number of likely N-dealkylation sites (tertiary alicyclic amines) is 1. The van der Waals surface area contributed by atoms with Gasteiger partial charge in [-0.1, -0.05) is 37.5 Å². The molecule has 3 fully saturated rings. The fourth-order valence-electron chi connectivity index (χ4n) is 6.27. The molecular weight excluding hydrogens is 502 g/mol. The molecule has 1 saturated carbocycles. The number of amides is 3. The van der Waals surface area contributed by atoms with Gasteiger partial charge in [-0.05, 0) is 62.4 Å². The van der Waals surface area contributed by atoms with Crippen molar-refractivity contribution in [2.24, 2.45) is 5.92 Å². The molecule has 0 radical (unpaired) electrons. The molecule has 3 amide bonds. The molecule has 2 saturated heterocycles. The van der Waals surface area contributed by atoms with Gasteiger partial charge in [-0.2, -0.15) is 0 Å². The fraction of sp³-hybridized carbons (Fsp3) is 0.531. The van der Waals surface area contributed by atoms with Crippen LogP contribution in [0.4, 0.5) is 17.1 Å². The molecule has 0 bridgehead atoms. The molecule has 0 aromatic heterocycles. The summed E-state index contributed by atoms with van der Waals surface area (Å²) in [6, 6.07) is 14.2. The summed E-state index contributed by atoms with van der Waals surface area (Å²) in [7, 11) is 0. The van der Waals surface area contributed by atoms with Crippen LogP contribution < -0.4 is 20.4 Å². The van der Waals surface area contributed by atoms with Crippen LogP contribution in [0.25, 0.3) is 0 Å². The highest BCUT2D eigenvalue weighted by Gasteiger charge is 2.25. The van der Waals surface area contributed by atoms with E-state index in [4.69, 9.17) is 0 Å². The number of hydrogen-bond acceptors (Lipinski definition) is 5. The second-order valence-corrected chi connectivity index (χ2v) is 11.4. The van der Waals surface area contributed by atoms with Crippen LogP contribution >= 0.6 is 0 Å². The second-order valence-electron chi connectivity index (χ2n) is 11.4. The third-order valence-electron chi connectivity index (χ3n) is 8.63. The first kappa shape index (κ1) is 28.0. The van der Waals surface area contributed by atoms with Crippen molar-refractivity contribution in [3.05, 3.63) is 53.6 Å². The van der Waals surface area contributed by atoms with Gasteiger partial charge in [0.25, 0.3) is 5.91 Å². The van der Waals surface area contributed by atoms with Crippen molar-refractivity contribution in [3.8, 4) is 0 Å². The van der Waals surface area contributed by atoms with Gasteiger partial charge in [0, 0.05) is 69.4 Å². The molecule has 0 unspecified atom stereocenters. The number of aryl methyl sites for hydroxylation is 1. The van der Waals surface area contributed by atoms with E-state index >= 15 is 0 Å². The predicted octanol–water partition coefficient (Wildman–Crippen LogP) is 4.58. The van der Waals surface area contributed by atoms with Crippen molar-refractivity contribution in [2.75, 3.05) is 60.9 Å². The quantitative estimate of drug-likeness (QED) is 0.451. The molecule has 8 nitrogen and oxygen atoms in total. The van der Waals surface area contributed by atoms with Gasteiger partial charge in [0.1, 0.15) is 0 Å². The lowest BCUT2D eigenvalue weighted by Crippen LogP contribution is -2.47. The molecule has 2 heterocycles. The summed E-state index contributed by atoms with van der Waals surface area (Å²) in [6.07, 6.45) is 7.52. The molecule has 0 atom stereocenters. The predicted molar refractivity (Wildman–Crippen MR) is 160 cm³/mol. The molecule has 8 heteroatoms. The summed E-state index contributed by atoms with van der Waals surface area (Å²) in [5.41, 5.74) is 4.78. The van der Waals surface area contributed by atoms with E-state index in [0.29, 0.717) is 25.1 Å². The zero-order chi connectivity index (χ0) is 27.9. The van der Waals surface area contributed by atoms with Gasteiger partial charge < -0.3 is 25.3 Å². The largest absolute Gasteiger partial charge is 0.368 e. The Kier molecular flexibility index (Phi) is 9.24. The van der Waals surface area contributed by atoms with Crippen molar-refractivity contribution in [2.45, 2.75) is 58.3 Å². The van der Waals surface area contributed by atoms with Crippen LogP contribution in [0.2, 0.25) is 0 Å². The van der Waals surface area contributed by atoms with Crippen molar-refractivity contribution in [1.29, 1.82) is 0 Å². The number of benzene rings is 2. The monoisotopic (exact) mass is 545 g/mol. The summed E-state index contributed by atoms with van der Waals surface area (Å²) >= 11 is 0. The van der Waals surface area contributed by atoms with Gasteiger partial charge in [0.05, 0.1) is 11.4 Å². The maximum absolute atomic E-state index is 13.3. The average Bonchev–Trinajstić information content (AvgIpc) is 3.40. The SMILES string of the molecule is Cc1ccccc1N1CCN(c2ccc(C(=O)NCCCN3CCCC3=O)cc2NC(=O)C2CCCCC2)CC1. The number of hydrogen-bond donors (Lipinski definition) is 2. The Balaban J connectivity index is 1.26. The number of nitrogens with one attached hydrogen (secondary N) is 2. The number of piperazine rings is 1. The minimum Gasteiger partial charge on any atom is -0.368 e. The average molecular weight is 546 g/mol. The van der Waals surface area contributed by atoms with Crippen molar-refractivity contribution < 1.29 is 14.4 Å². The number of nitrogens with zero attached hydrogens (tertiary/aromatic N) is 3. The molecule has 2 aliphatic heterocycles. The zero-order valence-electron chi connectivity index (χ0n) is 23.8. The molecule has 2 aromatic rings. The summed E-state index contributed by atoms with van der Waals surface area (Å²) in [5.74, 6) is 0.148. The van der Waals surface area contributed by atoms with Crippen molar-refractivity contribution in [1.82, 2.24) is 10.2 Å². The Bertz CT molecular complexity index is 1200. The molecular formula is C32H43N5O3. The van der Waals surface area contributed by atoms with Gasteiger partial charge in [-0.15, -0.1) is 0 Å². The van der Waals surface area contributed by atoms with E-state index in [1.807, 2.05) is 23.1 Å². The van der Waals surface area contributed by atoms with Crippen LogP contribution in [0.3, 0.4) is 0 Å². The third-order valence-corrected chi connectivity index (χ3v) is 8.63. The fourth-order valence-corrected chi connectivity index (χ4v) is 6.27. The Morgan fingerprint density at radius 2 is 1.60 bits per heavy atom.